The Morgan fingerprint density at radius 1 is 1.33 bits per heavy atom. The molecule has 0 saturated carbocycles. The highest BCUT2D eigenvalue weighted by molar-refractivity contribution is 9.08. The van der Waals surface area contributed by atoms with Crippen LogP contribution in [0.15, 0.2) is 24.4 Å². The van der Waals surface area contributed by atoms with Crippen LogP contribution in [0.5, 0.6) is 0 Å². The maximum atomic E-state index is 5.33. The number of aromatic nitrogens is 2. The van der Waals surface area contributed by atoms with Crippen LogP contribution in [0, 0.1) is 17.8 Å². The maximum absolute atomic E-state index is 5.33. The second-order valence-corrected chi connectivity index (χ2v) is 5.11. The number of hydrogen-bond acceptors (Lipinski definition) is 2. The lowest BCUT2D eigenvalue weighted by Crippen LogP contribution is -2.13. The molecule has 4 heteroatoms. The first-order chi connectivity index (χ1) is 8.83. The van der Waals surface area contributed by atoms with Crippen LogP contribution in [0.25, 0.3) is 10.9 Å². The third-order valence-corrected chi connectivity index (χ3v) is 3.73. The van der Waals surface area contributed by atoms with Crippen LogP contribution in [0.2, 0.25) is 0 Å². The summed E-state index contributed by atoms with van der Waals surface area (Å²) < 4.78 is 7.03. The lowest BCUT2D eigenvalue weighted by Gasteiger charge is -2.16. The minimum Gasteiger partial charge on any atom is -0.381 e. The number of benzene rings is 1. The molecule has 2 aromatic rings. The Kier molecular flexibility index (Phi) is 3.35. The van der Waals surface area contributed by atoms with Crippen molar-refractivity contribution >= 4 is 27.1 Å². The van der Waals surface area contributed by atoms with E-state index in [1.807, 2.05) is 18.3 Å². The van der Waals surface area contributed by atoms with Crippen molar-refractivity contribution in [2.75, 3.05) is 13.2 Å². The van der Waals surface area contributed by atoms with E-state index in [0.29, 0.717) is 5.92 Å². The van der Waals surface area contributed by atoms with Crippen LogP contribution >= 0.6 is 16.1 Å². The Balaban J connectivity index is 1.85. The molecule has 0 atom stereocenters. The van der Waals surface area contributed by atoms with Crippen molar-refractivity contribution in [2.45, 2.75) is 12.8 Å². The van der Waals surface area contributed by atoms with Crippen molar-refractivity contribution in [3.63, 3.8) is 0 Å². The van der Waals surface area contributed by atoms with Crippen molar-refractivity contribution in [2.24, 2.45) is 5.92 Å². The van der Waals surface area contributed by atoms with Gasteiger partial charge in [-0.3, -0.25) is 0 Å². The molecule has 0 spiro atoms. The SMILES string of the molecule is Brn1ncc2ccc(C#CC3CCOCC3)cc21. The monoisotopic (exact) mass is 304 g/mol. The third kappa shape index (κ3) is 2.43. The Morgan fingerprint density at radius 2 is 2.17 bits per heavy atom. The quantitative estimate of drug-likeness (QED) is 0.700. The Bertz CT molecular complexity index is 617. The zero-order valence-corrected chi connectivity index (χ0v) is 11.5. The average molecular weight is 305 g/mol. The summed E-state index contributed by atoms with van der Waals surface area (Å²) in [5.74, 6) is 7.07. The first-order valence-corrected chi connectivity index (χ1v) is 6.77. The zero-order valence-electron chi connectivity index (χ0n) is 9.90. The van der Waals surface area contributed by atoms with Gasteiger partial charge in [0.2, 0.25) is 0 Å². The van der Waals surface area contributed by atoms with Crippen LogP contribution in [0.3, 0.4) is 0 Å². The molecule has 1 saturated heterocycles. The van der Waals surface area contributed by atoms with Crippen molar-refractivity contribution in [1.82, 2.24) is 8.81 Å². The molecule has 1 aromatic carbocycles. The fraction of sp³-hybridized carbons (Fsp3) is 0.357. The lowest BCUT2D eigenvalue weighted by molar-refractivity contribution is 0.0807. The molecule has 1 aliphatic rings. The molecule has 3 nitrogen and oxygen atoms in total. The Morgan fingerprint density at radius 3 is 3.00 bits per heavy atom. The van der Waals surface area contributed by atoms with Crippen LogP contribution in [0.1, 0.15) is 18.4 Å². The number of halogens is 1. The van der Waals surface area contributed by atoms with Gasteiger partial charge in [0.1, 0.15) is 0 Å². The second-order valence-electron chi connectivity index (χ2n) is 4.43. The van der Waals surface area contributed by atoms with Gasteiger partial charge in [-0.2, -0.15) is 8.81 Å². The van der Waals surface area contributed by atoms with Crippen LogP contribution in [-0.4, -0.2) is 22.0 Å². The molecule has 18 heavy (non-hydrogen) atoms. The molecular formula is C14H13BrN2O. The summed E-state index contributed by atoms with van der Waals surface area (Å²) in [5.41, 5.74) is 2.09. The zero-order chi connectivity index (χ0) is 12.4. The van der Waals surface area contributed by atoms with Gasteiger partial charge in [0.15, 0.2) is 0 Å². The summed E-state index contributed by atoms with van der Waals surface area (Å²) in [6.07, 6.45) is 3.93. The second kappa shape index (κ2) is 5.13. The van der Waals surface area contributed by atoms with Gasteiger partial charge < -0.3 is 4.74 Å². The molecule has 0 radical (unpaired) electrons. The highest BCUT2D eigenvalue weighted by atomic mass is 79.9. The molecule has 3 rings (SSSR count). The van der Waals surface area contributed by atoms with Crippen LogP contribution in [0.4, 0.5) is 0 Å². The number of nitrogens with zero attached hydrogens (tertiary/aromatic N) is 2. The van der Waals surface area contributed by atoms with Gasteiger partial charge >= 0.3 is 0 Å². The summed E-state index contributed by atoms with van der Waals surface area (Å²) in [7, 11) is 0. The molecule has 0 bridgehead atoms. The van der Waals surface area contributed by atoms with Crippen LogP contribution < -0.4 is 0 Å². The standard InChI is InChI=1S/C14H13BrN2O/c15-17-14-9-12(3-4-13(14)10-16-17)2-1-11-5-7-18-8-6-11/h3-4,9-11H,5-8H2. The van der Waals surface area contributed by atoms with E-state index in [0.717, 1.165) is 42.5 Å². The summed E-state index contributed by atoms with van der Waals surface area (Å²) in [4.78, 5) is 0. The molecule has 0 amide bonds. The Hall–Kier alpha value is -1.31. The maximum Gasteiger partial charge on any atom is 0.0825 e. The molecule has 0 unspecified atom stereocenters. The van der Waals surface area contributed by atoms with E-state index in [9.17, 15) is 0 Å². The smallest absolute Gasteiger partial charge is 0.0825 e. The number of ether oxygens (including phenoxy) is 1. The average Bonchev–Trinajstić information content (AvgIpc) is 2.79. The van der Waals surface area contributed by atoms with Gasteiger partial charge in [-0.05, 0) is 31.0 Å². The minimum atomic E-state index is 0.475. The fourth-order valence-corrected chi connectivity index (χ4v) is 2.49. The van der Waals surface area contributed by atoms with Crippen molar-refractivity contribution in [3.8, 4) is 11.8 Å². The summed E-state index contributed by atoms with van der Waals surface area (Å²) in [6.45, 7) is 1.68. The van der Waals surface area contributed by atoms with Gasteiger partial charge in [-0.15, -0.1) is 0 Å². The molecule has 92 valence electrons. The highest BCUT2D eigenvalue weighted by Crippen LogP contribution is 2.18. The predicted octanol–water partition coefficient (Wildman–Crippen LogP) is 2.97. The van der Waals surface area contributed by atoms with Crippen molar-refractivity contribution in [1.29, 1.82) is 0 Å². The molecule has 0 aliphatic carbocycles. The van der Waals surface area contributed by atoms with E-state index >= 15 is 0 Å². The van der Waals surface area contributed by atoms with E-state index in [1.54, 1.807) is 3.71 Å². The van der Waals surface area contributed by atoms with E-state index < -0.39 is 0 Å². The largest absolute Gasteiger partial charge is 0.381 e. The molecular weight excluding hydrogens is 292 g/mol. The van der Waals surface area contributed by atoms with Gasteiger partial charge in [0.25, 0.3) is 0 Å². The minimum absolute atomic E-state index is 0.475. The van der Waals surface area contributed by atoms with Crippen molar-refractivity contribution in [3.05, 3.63) is 30.0 Å². The molecule has 2 heterocycles. The van der Waals surface area contributed by atoms with Gasteiger partial charge in [0, 0.05) is 30.1 Å². The lowest BCUT2D eigenvalue weighted by atomic mass is 10.0. The number of fused-ring (bicyclic) bond motifs is 1. The first kappa shape index (κ1) is 11.8. The fourth-order valence-electron chi connectivity index (χ4n) is 2.09. The first-order valence-electron chi connectivity index (χ1n) is 6.06. The summed E-state index contributed by atoms with van der Waals surface area (Å²) in [6, 6.07) is 6.15. The van der Waals surface area contributed by atoms with Crippen LogP contribution in [-0.2, 0) is 4.74 Å². The summed E-state index contributed by atoms with van der Waals surface area (Å²) in [5, 5.41) is 5.27. The van der Waals surface area contributed by atoms with E-state index in [1.165, 1.54) is 0 Å². The molecule has 1 fully saturated rings. The van der Waals surface area contributed by atoms with Gasteiger partial charge in [-0.1, -0.05) is 11.8 Å². The molecule has 1 aliphatic heterocycles. The van der Waals surface area contributed by atoms with Crippen molar-refractivity contribution < 1.29 is 4.74 Å². The number of hydrogen-bond donors (Lipinski definition) is 0. The normalized spacial score (nSPS) is 16.5. The molecule has 0 N–H and O–H groups in total. The molecule has 1 aromatic heterocycles. The third-order valence-electron chi connectivity index (χ3n) is 3.17. The number of rotatable bonds is 0. The van der Waals surface area contributed by atoms with Gasteiger partial charge in [-0.25, -0.2) is 0 Å². The van der Waals surface area contributed by atoms with Gasteiger partial charge in [0.05, 0.1) is 27.9 Å². The summed E-state index contributed by atoms with van der Waals surface area (Å²) >= 11 is 3.37. The highest BCUT2D eigenvalue weighted by Gasteiger charge is 2.10. The van der Waals surface area contributed by atoms with E-state index in [-0.39, 0.29) is 0 Å². The topological polar surface area (TPSA) is 27.1 Å². The van der Waals surface area contributed by atoms with E-state index in [2.05, 4.69) is 39.2 Å². The predicted molar refractivity (Wildman–Crippen MR) is 74.5 cm³/mol. The Labute approximate surface area is 114 Å². The van der Waals surface area contributed by atoms with E-state index in [4.69, 9.17) is 4.74 Å².